The Morgan fingerprint density at radius 2 is 2.16 bits per heavy atom. The van der Waals surface area contributed by atoms with E-state index >= 15 is 0 Å². The van der Waals surface area contributed by atoms with Crippen LogP contribution in [0.15, 0.2) is 40.8 Å². The molecule has 0 spiro atoms. The summed E-state index contributed by atoms with van der Waals surface area (Å²) < 4.78 is 37.6. The number of fused-ring (bicyclic) bond motifs is 1. The Morgan fingerprint density at radius 3 is 2.80 bits per heavy atom. The van der Waals surface area contributed by atoms with E-state index in [2.05, 4.69) is 11.6 Å². The van der Waals surface area contributed by atoms with Crippen molar-refractivity contribution in [3.63, 3.8) is 0 Å². The summed E-state index contributed by atoms with van der Waals surface area (Å²) >= 11 is 6.76. The molecule has 0 bridgehead atoms. The molecule has 2 rings (SSSR count). The van der Waals surface area contributed by atoms with Crippen molar-refractivity contribution in [1.82, 2.24) is 14.9 Å². The highest BCUT2D eigenvalue weighted by Crippen LogP contribution is 2.20. The monoisotopic (exact) mass is 391 g/mol. The second kappa shape index (κ2) is 7.92. The van der Waals surface area contributed by atoms with Crippen molar-refractivity contribution in [3.8, 4) is 0 Å². The molecule has 0 aliphatic rings. The summed E-state index contributed by atoms with van der Waals surface area (Å²) in [4.78, 5) is 28.4. The quantitative estimate of drug-likeness (QED) is 0.467. The number of hydrogen-bond acceptors (Lipinski definition) is 4. The first-order valence-electron chi connectivity index (χ1n) is 6.98. The van der Waals surface area contributed by atoms with Crippen molar-refractivity contribution >= 4 is 40.2 Å². The summed E-state index contributed by atoms with van der Waals surface area (Å²) in [6.45, 7) is 2.30. The molecule has 2 aromatic rings. The van der Waals surface area contributed by atoms with Crippen molar-refractivity contribution in [2.75, 3.05) is 12.3 Å². The molecule has 134 valence electrons. The molecule has 0 atom stereocenters. The topological polar surface area (TPSA) is 64.0 Å². The van der Waals surface area contributed by atoms with Gasteiger partial charge in [0.25, 0.3) is 5.56 Å². The molecule has 0 aliphatic carbocycles. The lowest BCUT2D eigenvalue weighted by atomic mass is 10.2. The van der Waals surface area contributed by atoms with Crippen LogP contribution in [0.5, 0.6) is 0 Å². The molecule has 0 saturated heterocycles. The van der Waals surface area contributed by atoms with Crippen LogP contribution < -0.4 is 10.9 Å². The lowest BCUT2D eigenvalue weighted by Crippen LogP contribution is -2.35. The largest absolute Gasteiger partial charge is 0.405 e. The van der Waals surface area contributed by atoms with Crippen LogP contribution in [0.2, 0.25) is 5.02 Å². The van der Waals surface area contributed by atoms with E-state index in [1.807, 2.05) is 0 Å². The number of amides is 1. The predicted octanol–water partition coefficient (Wildman–Crippen LogP) is 3.01. The van der Waals surface area contributed by atoms with Crippen LogP contribution in [-0.2, 0) is 11.3 Å². The van der Waals surface area contributed by atoms with Gasteiger partial charge in [0.05, 0.1) is 16.7 Å². The van der Waals surface area contributed by atoms with Crippen LogP contribution in [0.1, 0.15) is 0 Å². The summed E-state index contributed by atoms with van der Waals surface area (Å²) in [6, 6.07) is 4.60. The van der Waals surface area contributed by atoms with Gasteiger partial charge in [-0.2, -0.15) is 13.2 Å². The first-order valence-corrected chi connectivity index (χ1v) is 8.35. The molecule has 0 saturated carbocycles. The molecule has 1 amide bonds. The standard InChI is InChI=1S/C15H13ClF3N3O2S/c1-2-5-22-13(24)10-4-3-9(16)6-11(10)21-14(22)25-7-12(23)20-8-15(17,18)19/h2-4,6H,1,5,7-8H2,(H,20,23). The number of thioether (sulfide) groups is 1. The molecule has 1 aromatic carbocycles. The second-order valence-electron chi connectivity index (χ2n) is 4.94. The second-order valence-corrected chi connectivity index (χ2v) is 6.32. The third-order valence-corrected chi connectivity index (χ3v) is 4.22. The Bertz CT molecular complexity index is 867. The van der Waals surface area contributed by atoms with Gasteiger partial charge in [-0.3, -0.25) is 14.2 Å². The van der Waals surface area contributed by atoms with Gasteiger partial charge < -0.3 is 5.32 Å². The number of benzene rings is 1. The number of halogens is 4. The summed E-state index contributed by atoms with van der Waals surface area (Å²) in [6.07, 6.45) is -3.00. The van der Waals surface area contributed by atoms with E-state index in [0.29, 0.717) is 15.9 Å². The maximum Gasteiger partial charge on any atom is 0.405 e. The number of nitrogens with zero attached hydrogens (tertiary/aromatic N) is 2. The van der Waals surface area contributed by atoms with Gasteiger partial charge in [-0.05, 0) is 18.2 Å². The predicted molar refractivity (Wildman–Crippen MR) is 91.0 cm³/mol. The SMILES string of the molecule is C=CCn1c(SCC(=O)NCC(F)(F)F)nc2cc(Cl)ccc2c1=O. The number of carbonyl (C=O) groups excluding carboxylic acids is 1. The lowest BCUT2D eigenvalue weighted by Gasteiger charge is -2.12. The number of carbonyl (C=O) groups is 1. The molecular formula is C15H13ClF3N3O2S. The molecule has 1 aromatic heterocycles. The minimum absolute atomic E-state index is 0.150. The molecule has 10 heteroatoms. The zero-order valence-corrected chi connectivity index (χ0v) is 14.3. The lowest BCUT2D eigenvalue weighted by molar-refractivity contribution is -0.136. The molecule has 25 heavy (non-hydrogen) atoms. The average Bonchev–Trinajstić information content (AvgIpc) is 2.53. The van der Waals surface area contributed by atoms with E-state index in [1.165, 1.54) is 22.8 Å². The highest BCUT2D eigenvalue weighted by atomic mass is 35.5. The van der Waals surface area contributed by atoms with Crippen LogP contribution in [-0.4, -0.2) is 33.9 Å². The summed E-state index contributed by atoms with van der Waals surface area (Å²) in [5.41, 5.74) is -0.00391. The van der Waals surface area contributed by atoms with Gasteiger partial charge in [0.1, 0.15) is 6.54 Å². The van der Waals surface area contributed by atoms with Gasteiger partial charge in [0, 0.05) is 11.6 Å². The van der Waals surface area contributed by atoms with Crippen molar-refractivity contribution in [1.29, 1.82) is 0 Å². The van der Waals surface area contributed by atoms with Crippen LogP contribution in [0, 0.1) is 0 Å². The first-order chi connectivity index (χ1) is 11.7. The van der Waals surface area contributed by atoms with E-state index in [-0.39, 0.29) is 23.0 Å². The Morgan fingerprint density at radius 1 is 1.44 bits per heavy atom. The van der Waals surface area contributed by atoms with Gasteiger partial charge in [-0.1, -0.05) is 29.4 Å². The number of hydrogen-bond donors (Lipinski definition) is 1. The van der Waals surface area contributed by atoms with E-state index in [4.69, 9.17) is 11.6 Å². The third-order valence-electron chi connectivity index (χ3n) is 3.01. The maximum atomic E-state index is 12.5. The zero-order chi connectivity index (χ0) is 18.6. The number of nitrogens with one attached hydrogen (secondary N) is 1. The molecule has 1 N–H and O–H groups in total. The Balaban J connectivity index is 2.26. The first kappa shape index (κ1) is 19.3. The molecule has 0 aliphatic heterocycles. The van der Waals surface area contributed by atoms with Gasteiger partial charge >= 0.3 is 6.18 Å². The fraction of sp³-hybridized carbons (Fsp3) is 0.267. The van der Waals surface area contributed by atoms with Crippen LogP contribution in [0.25, 0.3) is 10.9 Å². The minimum Gasteiger partial charge on any atom is -0.346 e. The van der Waals surface area contributed by atoms with Crippen molar-refractivity contribution in [3.05, 3.63) is 46.2 Å². The fourth-order valence-corrected chi connectivity index (χ4v) is 2.96. The number of aromatic nitrogens is 2. The normalized spacial score (nSPS) is 11.5. The van der Waals surface area contributed by atoms with Crippen molar-refractivity contribution in [2.45, 2.75) is 17.9 Å². The third kappa shape index (κ3) is 5.23. The molecular weight excluding hydrogens is 379 g/mol. The van der Waals surface area contributed by atoms with E-state index in [1.54, 1.807) is 11.4 Å². The van der Waals surface area contributed by atoms with Gasteiger partial charge in [0.15, 0.2) is 5.16 Å². The molecule has 5 nitrogen and oxygen atoms in total. The summed E-state index contributed by atoms with van der Waals surface area (Å²) in [5.74, 6) is -1.13. The van der Waals surface area contributed by atoms with E-state index < -0.39 is 18.6 Å². The van der Waals surface area contributed by atoms with Gasteiger partial charge in [0.2, 0.25) is 5.91 Å². The molecule has 0 fully saturated rings. The smallest absolute Gasteiger partial charge is 0.346 e. The van der Waals surface area contributed by atoms with Gasteiger partial charge in [-0.15, -0.1) is 6.58 Å². The molecule has 1 heterocycles. The van der Waals surface area contributed by atoms with Crippen molar-refractivity contribution < 1.29 is 18.0 Å². The Hall–Kier alpha value is -2.00. The minimum atomic E-state index is -4.48. The van der Waals surface area contributed by atoms with Crippen molar-refractivity contribution in [2.24, 2.45) is 0 Å². The number of allylic oxidation sites excluding steroid dienone is 1. The summed E-state index contributed by atoms with van der Waals surface area (Å²) in [5, 5.41) is 2.69. The maximum absolute atomic E-state index is 12.5. The average molecular weight is 392 g/mol. The highest BCUT2D eigenvalue weighted by Gasteiger charge is 2.27. The van der Waals surface area contributed by atoms with E-state index in [0.717, 1.165) is 11.8 Å². The summed E-state index contributed by atoms with van der Waals surface area (Å²) in [7, 11) is 0. The highest BCUT2D eigenvalue weighted by molar-refractivity contribution is 7.99. The molecule has 0 unspecified atom stereocenters. The number of alkyl halides is 3. The molecule has 0 radical (unpaired) electrons. The van der Waals surface area contributed by atoms with Crippen LogP contribution in [0.4, 0.5) is 13.2 Å². The Labute approximate surface area is 149 Å². The zero-order valence-electron chi connectivity index (χ0n) is 12.8. The fourth-order valence-electron chi connectivity index (χ4n) is 1.95. The number of rotatable bonds is 6. The Kier molecular flexibility index (Phi) is 6.12. The van der Waals surface area contributed by atoms with Crippen LogP contribution >= 0.6 is 23.4 Å². The van der Waals surface area contributed by atoms with Gasteiger partial charge in [-0.25, -0.2) is 4.98 Å². The van der Waals surface area contributed by atoms with Crippen LogP contribution in [0.3, 0.4) is 0 Å². The van der Waals surface area contributed by atoms with E-state index in [9.17, 15) is 22.8 Å².